The Morgan fingerprint density at radius 3 is 2.54 bits per heavy atom. The zero-order valence-electron chi connectivity index (χ0n) is 14.4. The lowest BCUT2D eigenvalue weighted by Gasteiger charge is -2.21. The molecule has 6 nitrogen and oxygen atoms in total. The van der Waals surface area contributed by atoms with Crippen LogP contribution in [0.5, 0.6) is 0 Å². The molecule has 0 saturated carbocycles. The maximum Gasteiger partial charge on any atom is 0.259 e. The molecule has 0 aliphatic rings. The van der Waals surface area contributed by atoms with Gasteiger partial charge in [0, 0.05) is 24.6 Å². The third-order valence-corrected chi connectivity index (χ3v) is 3.88. The summed E-state index contributed by atoms with van der Waals surface area (Å²) in [5.41, 5.74) is 1.49. The zero-order chi connectivity index (χ0) is 18.4. The first-order valence-corrected chi connectivity index (χ1v) is 8.31. The number of furan rings is 1. The molecule has 3 rings (SSSR count). The molecular formula is C20H19N3O3. The third-order valence-electron chi connectivity index (χ3n) is 3.88. The third kappa shape index (κ3) is 3.97. The van der Waals surface area contributed by atoms with Gasteiger partial charge in [0.2, 0.25) is 0 Å². The molecule has 26 heavy (non-hydrogen) atoms. The highest BCUT2D eigenvalue weighted by Gasteiger charge is 2.18. The SMILES string of the molecule is CCN(C(=O)c1cncc(C(=O)NCc2ccco2)c1)c1ccccc1. The number of hydrogen-bond acceptors (Lipinski definition) is 4. The molecule has 0 atom stereocenters. The van der Waals surface area contributed by atoms with Crippen LogP contribution < -0.4 is 10.2 Å². The number of hydrogen-bond donors (Lipinski definition) is 1. The van der Waals surface area contributed by atoms with Crippen LogP contribution in [0, 0.1) is 0 Å². The number of anilines is 1. The van der Waals surface area contributed by atoms with Crippen molar-refractivity contribution in [2.24, 2.45) is 0 Å². The average Bonchev–Trinajstić information content (AvgIpc) is 3.21. The molecule has 0 radical (unpaired) electrons. The molecule has 6 heteroatoms. The molecule has 3 aromatic rings. The van der Waals surface area contributed by atoms with Gasteiger partial charge in [-0.1, -0.05) is 18.2 Å². The van der Waals surface area contributed by atoms with Gasteiger partial charge in [-0.25, -0.2) is 0 Å². The number of amides is 2. The van der Waals surface area contributed by atoms with Gasteiger partial charge in [-0.15, -0.1) is 0 Å². The number of benzene rings is 1. The molecule has 0 spiro atoms. The monoisotopic (exact) mass is 349 g/mol. The Bertz CT molecular complexity index is 876. The number of nitrogens with one attached hydrogen (secondary N) is 1. The summed E-state index contributed by atoms with van der Waals surface area (Å²) in [5.74, 6) is 0.137. The molecule has 0 unspecified atom stereocenters. The van der Waals surface area contributed by atoms with Crippen molar-refractivity contribution in [3.8, 4) is 0 Å². The summed E-state index contributed by atoms with van der Waals surface area (Å²) in [4.78, 5) is 30.8. The highest BCUT2D eigenvalue weighted by Crippen LogP contribution is 2.17. The van der Waals surface area contributed by atoms with E-state index in [2.05, 4.69) is 10.3 Å². The van der Waals surface area contributed by atoms with Gasteiger partial charge in [-0.05, 0) is 37.3 Å². The maximum atomic E-state index is 12.8. The number of para-hydroxylation sites is 1. The normalized spacial score (nSPS) is 10.3. The van der Waals surface area contributed by atoms with E-state index in [9.17, 15) is 9.59 Å². The number of rotatable bonds is 6. The largest absolute Gasteiger partial charge is 0.467 e. The van der Waals surface area contributed by atoms with Crippen molar-refractivity contribution in [1.29, 1.82) is 0 Å². The number of carbonyl (C=O) groups excluding carboxylic acids is 2. The van der Waals surface area contributed by atoms with Crippen molar-refractivity contribution in [3.05, 3.63) is 84.1 Å². The van der Waals surface area contributed by atoms with E-state index in [1.54, 1.807) is 29.4 Å². The molecule has 0 bridgehead atoms. The minimum Gasteiger partial charge on any atom is -0.467 e. The van der Waals surface area contributed by atoms with Gasteiger partial charge >= 0.3 is 0 Å². The van der Waals surface area contributed by atoms with Crippen LogP contribution in [0.2, 0.25) is 0 Å². The van der Waals surface area contributed by atoms with Crippen LogP contribution in [-0.4, -0.2) is 23.3 Å². The second-order valence-corrected chi connectivity index (χ2v) is 5.61. The second kappa shape index (κ2) is 8.11. The van der Waals surface area contributed by atoms with Gasteiger partial charge in [0.15, 0.2) is 0 Å². The van der Waals surface area contributed by atoms with Crippen LogP contribution in [-0.2, 0) is 6.54 Å². The van der Waals surface area contributed by atoms with Crippen molar-refractivity contribution in [1.82, 2.24) is 10.3 Å². The van der Waals surface area contributed by atoms with Gasteiger partial charge in [0.1, 0.15) is 5.76 Å². The molecule has 1 aromatic carbocycles. The molecule has 0 saturated heterocycles. The fourth-order valence-corrected chi connectivity index (χ4v) is 2.57. The van der Waals surface area contributed by atoms with Crippen molar-refractivity contribution in [2.45, 2.75) is 13.5 Å². The molecule has 0 aliphatic carbocycles. The number of pyridine rings is 1. The van der Waals surface area contributed by atoms with E-state index >= 15 is 0 Å². The summed E-state index contributed by atoms with van der Waals surface area (Å²) in [6.07, 6.45) is 4.45. The first-order valence-electron chi connectivity index (χ1n) is 8.31. The van der Waals surface area contributed by atoms with Crippen molar-refractivity contribution in [3.63, 3.8) is 0 Å². The minimum atomic E-state index is -0.314. The predicted molar refractivity (Wildman–Crippen MR) is 97.9 cm³/mol. The van der Waals surface area contributed by atoms with Gasteiger partial charge in [-0.2, -0.15) is 0 Å². The van der Waals surface area contributed by atoms with Crippen LogP contribution in [0.1, 0.15) is 33.4 Å². The summed E-state index contributed by atoms with van der Waals surface area (Å²) in [6.45, 7) is 2.69. The molecule has 132 valence electrons. The van der Waals surface area contributed by atoms with Crippen molar-refractivity contribution < 1.29 is 14.0 Å². The van der Waals surface area contributed by atoms with Gasteiger partial charge < -0.3 is 14.6 Å². The van der Waals surface area contributed by atoms with E-state index in [1.807, 2.05) is 37.3 Å². The topological polar surface area (TPSA) is 75.4 Å². The van der Waals surface area contributed by atoms with Crippen molar-refractivity contribution in [2.75, 3.05) is 11.4 Å². The standard InChI is InChI=1S/C20H19N3O3/c1-2-23(17-7-4-3-5-8-17)20(25)16-11-15(12-21-13-16)19(24)22-14-18-9-6-10-26-18/h3-13H,2,14H2,1H3,(H,22,24). The first kappa shape index (κ1) is 17.4. The van der Waals surface area contributed by atoms with E-state index in [-0.39, 0.29) is 18.4 Å². The Labute approximate surface area is 151 Å². The Hall–Kier alpha value is -3.41. The summed E-state index contributed by atoms with van der Waals surface area (Å²) in [5, 5.41) is 2.74. The number of aromatic nitrogens is 1. The highest BCUT2D eigenvalue weighted by molar-refractivity contribution is 6.07. The summed E-state index contributed by atoms with van der Waals surface area (Å²) in [6, 6.07) is 14.5. The molecular weight excluding hydrogens is 330 g/mol. The Kier molecular flexibility index (Phi) is 5.43. The molecule has 1 N–H and O–H groups in total. The van der Waals surface area contributed by atoms with Gasteiger partial charge in [-0.3, -0.25) is 14.6 Å². The predicted octanol–water partition coefficient (Wildman–Crippen LogP) is 3.27. The lowest BCUT2D eigenvalue weighted by atomic mass is 10.1. The molecule has 2 amide bonds. The summed E-state index contributed by atoms with van der Waals surface area (Å²) >= 11 is 0. The maximum absolute atomic E-state index is 12.8. The minimum absolute atomic E-state index is 0.202. The van der Waals surface area contributed by atoms with E-state index < -0.39 is 0 Å². The smallest absolute Gasteiger partial charge is 0.259 e. The second-order valence-electron chi connectivity index (χ2n) is 5.61. The fourth-order valence-electron chi connectivity index (χ4n) is 2.57. The van der Waals surface area contributed by atoms with Crippen molar-refractivity contribution >= 4 is 17.5 Å². The molecule has 2 aromatic heterocycles. The van der Waals surface area contributed by atoms with Crippen LogP contribution in [0.15, 0.2) is 71.6 Å². The Balaban J connectivity index is 1.75. The van der Waals surface area contributed by atoms with E-state index in [0.29, 0.717) is 23.4 Å². The Morgan fingerprint density at radius 1 is 1.08 bits per heavy atom. The van der Waals surface area contributed by atoms with Crippen LogP contribution >= 0.6 is 0 Å². The first-order chi connectivity index (χ1) is 12.7. The zero-order valence-corrected chi connectivity index (χ0v) is 14.4. The van der Waals surface area contributed by atoms with E-state index in [0.717, 1.165) is 5.69 Å². The van der Waals surface area contributed by atoms with Crippen LogP contribution in [0.4, 0.5) is 5.69 Å². The van der Waals surface area contributed by atoms with Gasteiger partial charge in [0.25, 0.3) is 11.8 Å². The van der Waals surface area contributed by atoms with Gasteiger partial charge in [0.05, 0.1) is 23.9 Å². The fraction of sp³-hybridized carbons (Fsp3) is 0.150. The lowest BCUT2D eigenvalue weighted by molar-refractivity contribution is 0.0947. The molecule has 2 heterocycles. The van der Waals surface area contributed by atoms with Crippen LogP contribution in [0.25, 0.3) is 0 Å². The molecule has 0 aliphatic heterocycles. The Morgan fingerprint density at radius 2 is 1.85 bits per heavy atom. The highest BCUT2D eigenvalue weighted by atomic mass is 16.3. The van der Waals surface area contributed by atoms with Crippen LogP contribution in [0.3, 0.4) is 0 Å². The lowest BCUT2D eigenvalue weighted by Crippen LogP contribution is -2.31. The van der Waals surface area contributed by atoms with E-state index in [4.69, 9.17) is 4.42 Å². The number of nitrogens with zero attached hydrogens (tertiary/aromatic N) is 2. The number of carbonyl (C=O) groups is 2. The summed E-state index contributed by atoms with van der Waals surface area (Å²) < 4.78 is 5.19. The quantitative estimate of drug-likeness (QED) is 0.741. The molecule has 0 fully saturated rings. The van der Waals surface area contributed by atoms with E-state index in [1.165, 1.54) is 12.4 Å². The summed E-state index contributed by atoms with van der Waals surface area (Å²) in [7, 11) is 0. The average molecular weight is 349 g/mol.